The van der Waals surface area contributed by atoms with Crippen LogP contribution in [-0.4, -0.2) is 192 Å². The van der Waals surface area contributed by atoms with Gasteiger partial charge in [-0.1, -0.05) is 20.3 Å². The summed E-state index contributed by atoms with van der Waals surface area (Å²) in [6.45, 7) is 7.83. The summed E-state index contributed by atoms with van der Waals surface area (Å²) in [5.41, 5.74) is 44.5. The van der Waals surface area contributed by atoms with E-state index in [4.69, 9.17) is 55.8 Å². The average molecular weight is 1230 g/mol. The summed E-state index contributed by atoms with van der Waals surface area (Å²) < 4.78 is 0. The topological polar surface area (TPSA) is 591 Å². The molecule has 0 unspecified atom stereocenters. The van der Waals surface area contributed by atoms with Gasteiger partial charge in [0, 0.05) is 19.9 Å². The average Bonchev–Trinajstić information content (AvgIpc) is 3.63. The number of carboxylic acid groups (broad SMARTS) is 2. The number of amides is 11. The monoisotopic (exact) mass is 1230 g/mol. The van der Waals surface area contributed by atoms with E-state index < -0.39 is 150 Å². The van der Waals surface area contributed by atoms with Crippen molar-refractivity contribution < 1.29 is 72.5 Å². The van der Waals surface area contributed by atoms with Crippen LogP contribution in [0.4, 0.5) is 0 Å². The molecule has 0 heterocycles. The standard InChI is InChI=1S/C49H92N18O13S.C2H4O2/c1-26(2)38(67-45(76)31(15-8-11-22-52)63-44(75)33(19-24-81-5)64-42(73)32(16-12-23-58-49(56)57)62-41(72)29(53)13-6-9-20-50)47(78)60-28(4)39(70)61-30(14-7-10-21-51)43(74)66-35(25-37(55)69)46(77)59-27(3)40(71)65-34(48(79)80)17-18-36(54)68;1-2(3)4/h26-35,38H,6-25,50-53H2,1-5H3,(H2,54,68)(H2,55,69)(H,59,77)(H,60,78)(H,61,70)(H,62,72)(H,63,75)(H,64,73)(H,65,71)(H,66,74)(H,67,76)(H,79,80)(H4,56,57,58);1H3,(H,3,4)/t27-,28-,29-,30-,31-,32-,33-,34-,35-,38-;/m0./s1. The number of hydrogen-bond acceptors (Lipinski definition) is 19. The van der Waals surface area contributed by atoms with Crippen LogP contribution in [0.3, 0.4) is 0 Å². The fraction of sp³-hybridized carbons (Fsp3) is 0.725. The van der Waals surface area contributed by atoms with E-state index in [0.29, 0.717) is 50.8 Å². The summed E-state index contributed by atoms with van der Waals surface area (Å²) >= 11 is 1.39. The van der Waals surface area contributed by atoms with E-state index in [1.54, 1.807) is 20.1 Å². The van der Waals surface area contributed by atoms with Gasteiger partial charge in [-0.25, -0.2) is 4.79 Å². The first kappa shape index (κ1) is 79.6. The first-order chi connectivity index (χ1) is 39.9. The highest BCUT2D eigenvalue weighted by atomic mass is 32.2. The number of primary amides is 2. The van der Waals surface area contributed by atoms with Crippen molar-refractivity contribution in [2.24, 2.45) is 56.8 Å². The van der Waals surface area contributed by atoms with E-state index >= 15 is 0 Å². The molecule has 0 aromatic heterocycles. The number of aliphatic imine (C=N–C) groups is 1. The largest absolute Gasteiger partial charge is 0.481 e. The van der Waals surface area contributed by atoms with Crippen molar-refractivity contribution in [1.29, 1.82) is 0 Å². The van der Waals surface area contributed by atoms with Gasteiger partial charge in [-0.2, -0.15) is 11.8 Å². The maximum absolute atomic E-state index is 14.1. The summed E-state index contributed by atoms with van der Waals surface area (Å²) in [5.74, 6) is -12.1. The second-order valence-electron chi connectivity index (χ2n) is 20.3. The fourth-order valence-electron chi connectivity index (χ4n) is 7.62. The van der Waals surface area contributed by atoms with Gasteiger partial charge in [0.1, 0.15) is 54.4 Å². The lowest BCUT2D eigenvalue weighted by Crippen LogP contribution is -2.61. The minimum atomic E-state index is -1.70. The summed E-state index contributed by atoms with van der Waals surface area (Å²) in [5, 5.41) is 39.5. The third kappa shape index (κ3) is 36.8. The number of unbranched alkanes of at least 4 members (excludes halogenated alkanes) is 3. The summed E-state index contributed by atoms with van der Waals surface area (Å²) in [7, 11) is 0. The number of carbonyl (C=O) groups is 13. The van der Waals surface area contributed by atoms with Crippen molar-refractivity contribution in [3.05, 3.63) is 0 Å². The third-order valence-corrected chi connectivity index (χ3v) is 13.0. The molecule has 0 bridgehead atoms. The van der Waals surface area contributed by atoms with Crippen molar-refractivity contribution in [2.45, 2.75) is 191 Å². The highest BCUT2D eigenvalue weighted by Crippen LogP contribution is 2.11. The van der Waals surface area contributed by atoms with E-state index in [0.717, 1.165) is 6.92 Å². The van der Waals surface area contributed by atoms with E-state index in [1.807, 2.05) is 0 Å². The molecule has 11 amide bonds. The molecule has 34 heteroatoms. The van der Waals surface area contributed by atoms with Gasteiger partial charge in [-0.15, -0.1) is 0 Å². The number of aliphatic carboxylic acids is 2. The van der Waals surface area contributed by atoms with Crippen LogP contribution >= 0.6 is 11.8 Å². The minimum Gasteiger partial charge on any atom is -0.481 e. The lowest BCUT2D eigenvalue weighted by atomic mass is 10.0. The number of nitrogens with two attached hydrogens (primary N) is 8. The number of nitrogens with zero attached hydrogens (tertiary/aromatic N) is 1. The molecular formula is C51H96N18O15S. The number of guanidine groups is 1. The summed E-state index contributed by atoms with van der Waals surface area (Å²) in [6.07, 6.45) is 3.80. The zero-order valence-corrected chi connectivity index (χ0v) is 50.5. The lowest BCUT2D eigenvalue weighted by Gasteiger charge is -2.28. The first-order valence-electron chi connectivity index (χ1n) is 28.0. The normalized spacial score (nSPS) is 14.3. The molecule has 486 valence electrons. The predicted octanol–water partition coefficient (Wildman–Crippen LogP) is -6.12. The number of nitrogens with one attached hydrogen (secondary N) is 9. The number of carboxylic acids is 2. The van der Waals surface area contributed by atoms with E-state index in [1.165, 1.54) is 25.6 Å². The van der Waals surface area contributed by atoms with Crippen molar-refractivity contribution >= 4 is 94.6 Å². The smallest absolute Gasteiger partial charge is 0.326 e. The SMILES string of the molecule is CC(=O)O.CSCC[C@H](NC(=O)[C@H](CCCN=C(N)N)NC(=O)[C@@H](N)CCCCN)C(=O)N[C@@H](CCCCN)C(=O)N[C@H](C(=O)N[C@@H](C)C(=O)N[C@@H](CCCCN)C(=O)N[C@@H](CC(N)=O)C(=O)N[C@@H](C)C(=O)N[C@@H](CCC(N)=O)C(=O)O)C(C)C. The zero-order chi connectivity index (χ0) is 65.4. The molecule has 0 aliphatic carbocycles. The maximum atomic E-state index is 14.1. The Kier molecular flexibility index (Phi) is 42.2. The molecule has 27 N–H and O–H groups in total. The molecule has 0 aliphatic heterocycles. The minimum absolute atomic E-state index is 0.0483. The van der Waals surface area contributed by atoms with Crippen molar-refractivity contribution in [2.75, 3.05) is 38.2 Å². The van der Waals surface area contributed by atoms with E-state index in [2.05, 4.69) is 52.8 Å². The van der Waals surface area contributed by atoms with Gasteiger partial charge in [0.2, 0.25) is 65.0 Å². The van der Waals surface area contributed by atoms with Crippen LogP contribution in [0.25, 0.3) is 0 Å². The number of hydrogen-bond donors (Lipinski definition) is 19. The Morgan fingerprint density at radius 2 is 0.824 bits per heavy atom. The fourth-order valence-corrected chi connectivity index (χ4v) is 8.09. The van der Waals surface area contributed by atoms with Gasteiger partial charge in [-0.05, 0) is 128 Å². The Hall–Kier alpha value is -7.43. The Balaban J connectivity index is 0. The van der Waals surface area contributed by atoms with E-state index in [-0.39, 0.29) is 77.0 Å². The maximum Gasteiger partial charge on any atom is 0.326 e. The van der Waals surface area contributed by atoms with E-state index in [9.17, 15) is 62.6 Å². The van der Waals surface area contributed by atoms with Crippen LogP contribution in [0, 0.1) is 5.92 Å². The zero-order valence-electron chi connectivity index (χ0n) is 49.7. The van der Waals surface area contributed by atoms with Gasteiger partial charge in [0.05, 0.1) is 12.5 Å². The van der Waals surface area contributed by atoms with Crippen LogP contribution < -0.4 is 93.7 Å². The molecule has 0 saturated heterocycles. The van der Waals surface area contributed by atoms with Crippen molar-refractivity contribution in [3.63, 3.8) is 0 Å². The second-order valence-corrected chi connectivity index (χ2v) is 21.3. The molecule has 10 atom stereocenters. The Morgan fingerprint density at radius 3 is 1.24 bits per heavy atom. The van der Waals surface area contributed by atoms with Gasteiger partial charge in [0.15, 0.2) is 5.96 Å². The number of rotatable bonds is 44. The molecule has 85 heavy (non-hydrogen) atoms. The molecule has 0 fully saturated rings. The van der Waals surface area contributed by atoms with Gasteiger partial charge < -0.3 is 104 Å². The molecular weight excluding hydrogens is 1140 g/mol. The molecule has 0 aromatic carbocycles. The van der Waals surface area contributed by atoms with Gasteiger partial charge in [-0.3, -0.25) is 62.5 Å². The predicted molar refractivity (Wildman–Crippen MR) is 316 cm³/mol. The second kappa shape index (κ2) is 45.0. The molecule has 0 aliphatic rings. The molecule has 0 aromatic rings. The Morgan fingerprint density at radius 1 is 0.447 bits per heavy atom. The third-order valence-electron chi connectivity index (χ3n) is 12.4. The van der Waals surface area contributed by atoms with Crippen molar-refractivity contribution in [3.8, 4) is 0 Å². The highest BCUT2D eigenvalue weighted by molar-refractivity contribution is 7.98. The van der Waals surface area contributed by atoms with Crippen LogP contribution in [0.5, 0.6) is 0 Å². The number of thioether (sulfide) groups is 1. The number of carbonyl (C=O) groups excluding carboxylic acids is 11. The molecule has 0 saturated carbocycles. The highest BCUT2D eigenvalue weighted by Gasteiger charge is 2.35. The summed E-state index contributed by atoms with van der Waals surface area (Å²) in [4.78, 5) is 171. The first-order valence-corrected chi connectivity index (χ1v) is 29.4. The molecule has 33 nitrogen and oxygen atoms in total. The van der Waals surface area contributed by atoms with Gasteiger partial charge in [0.25, 0.3) is 5.97 Å². The quantitative estimate of drug-likeness (QED) is 0.0153. The van der Waals surface area contributed by atoms with Gasteiger partial charge >= 0.3 is 5.97 Å². The van der Waals surface area contributed by atoms with Crippen LogP contribution in [0.2, 0.25) is 0 Å². The molecule has 0 spiro atoms. The van der Waals surface area contributed by atoms with Crippen LogP contribution in [0.15, 0.2) is 4.99 Å². The summed E-state index contributed by atoms with van der Waals surface area (Å²) in [6, 6.07) is -13.3. The van der Waals surface area contributed by atoms with Crippen LogP contribution in [-0.2, 0) is 62.3 Å². The Labute approximate surface area is 499 Å². The molecule has 0 rings (SSSR count). The van der Waals surface area contributed by atoms with Crippen molar-refractivity contribution in [1.82, 2.24) is 47.9 Å². The van der Waals surface area contributed by atoms with Crippen LogP contribution in [0.1, 0.15) is 131 Å². The lowest BCUT2D eigenvalue weighted by molar-refractivity contribution is -0.142. The Bertz CT molecular complexity index is 2210. The molecule has 0 radical (unpaired) electrons.